The molecule has 0 unspecified atom stereocenters. The summed E-state index contributed by atoms with van der Waals surface area (Å²) in [5.74, 6) is -0.166. The lowest BCUT2D eigenvalue weighted by atomic mass is 10.3. The van der Waals surface area contributed by atoms with Gasteiger partial charge in [-0.15, -0.1) is 0 Å². The average Bonchev–Trinajstić information content (AvgIpc) is 3.09. The van der Waals surface area contributed by atoms with E-state index in [9.17, 15) is 10.1 Å². The van der Waals surface area contributed by atoms with E-state index in [2.05, 4.69) is 26.1 Å². The zero-order valence-electron chi connectivity index (χ0n) is 10.8. The van der Waals surface area contributed by atoms with Crippen LogP contribution in [0, 0.1) is 10.1 Å². The van der Waals surface area contributed by atoms with Crippen LogP contribution < -0.4 is 0 Å². The molecule has 106 valence electrons. The fraction of sp³-hybridized carbons (Fsp3) is 0.500. The number of nitro groups is 1. The Labute approximate surface area is 123 Å². The van der Waals surface area contributed by atoms with Gasteiger partial charge in [-0.3, -0.25) is 4.68 Å². The van der Waals surface area contributed by atoms with Gasteiger partial charge in [0.25, 0.3) is 0 Å². The number of aromatic nitrogens is 4. The van der Waals surface area contributed by atoms with Gasteiger partial charge in [-0.25, -0.2) is 0 Å². The molecule has 7 nitrogen and oxygen atoms in total. The van der Waals surface area contributed by atoms with Crippen LogP contribution in [0.15, 0.2) is 22.9 Å². The van der Waals surface area contributed by atoms with Gasteiger partial charge in [-0.05, 0) is 39.8 Å². The van der Waals surface area contributed by atoms with Gasteiger partial charge >= 0.3 is 5.82 Å². The van der Waals surface area contributed by atoms with Crippen molar-refractivity contribution in [1.82, 2.24) is 19.6 Å². The van der Waals surface area contributed by atoms with Crippen LogP contribution in [-0.4, -0.2) is 24.5 Å². The van der Waals surface area contributed by atoms with Crippen molar-refractivity contribution in [2.24, 2.45) is 0 Å². The number of hydrogen-bond acceptors (Lipinski definition) is 4. The van der Waals surface area contributed by atoms with Gasteiger partial charge in [-0.1, -0.05) is 12.8 Å². The number of halogens is 1. The second kappa shape index (κ2) is 5.35. The maximum atomic E-state index is 10.7. The molecule has 1 fully saturated rings. The van der Waals surface area contributed by atoms with Crippen LogP contribution in [-0.2, 0) is 6.54 Å². The molecular formula is C12H14BrN5O2. The van der Waals surface area contributed by atoms with Crippen molar-refractivity contribution < 1.29 is 4.92 Å². The Kier molecular flexibility index (Phi) is 3.56. The van der Waals surface area contributed by atoms with E-state index >= 15 is 0 Å². The van der Waals surface area contributed by atoms with Crippen molar-refractivity contribution in [3.63, 3.8) is 0 Å². The average molecular weight is 340 g/mol. The quantitative estimate of drug-likeness (QED) is 0.633. The first-order valence-electron chi connectivity index (χ1n) is 6.55. The summed E-state index contributed by atoms with van der Waals surface area (Å²) in [6.45, 7) is 0.437. The largest absolute Gasteiger partial charge is 0.404 e. The smallest absolute Gasteiger partial charge is 0.358 e. The van der Waals surface area contributed by atoms with E-state index in [4.69, 9.17) is 0 Å². The van der Waals surface area contributed by atoms with Gasteiger partial charge in [0.1, 0.15) is 11.0 Å². The predicted octanol–water partition coefficient (Wildman–Crippen LogP) is 2.91. The van der Waals surface area contributed by atoms with Crippen LogP contribution >= 0.6 is 15.9 Å². The highest BCUT2D eigenvalue weighted by molar-refractivity contribution is 9.10. The van der Waals surface area contributed by atoms with E-state index in [0.717, 1.165) is 5.69 Å². The normalized spacial score (nSPS) is 15.8. The van der Waals surface area contributed by atoms with Crippen LogP contribution in [0.3, 0.4) is 0 Å². The van der Waals surface area contributed by atoms with Gasteiger partial charge in [0, 0.05) is 6.20 Å². The number of hydrogen-bond donors (Lipinski definition) is 0. The van der Waals surface area contributed by atoms with Crippen LogP contribution in [0.25, 0.3) is 0 Å². The van der Waals surface area contributed by atoms with Crippen molar-refractivity contribution in [2.75, 3.05) is 0 Å². The van der Waals surface area contributed by atoms with Crippen molar-refractivity contribution in [1.29, 1.82) is 0 Å². The fourth-order valence-electron chi connectivity index (χ4n) is 2.59. The lowest BCUT2D eigenvalue weighted by Gasteiger charge is -2.08. The molecule has 0 radical (unpaired) electrons. The molecule has 0 spiro atoms. The van der Waals surface area contributed by atoms with Crippen LogP contribution in [0.1, 0.15) is 37.4 Å². The predicted molar refractivity (Wildman–Crippen MR) is 75.4 cm³/mol. The van der Waals surface area contributed by atoms with Crippen molar-refractivity contribution in [3.8, 4) is 0 Å². The Hall–Kier alpha value is -1.70. The summed E-state index contributed by atoms with van der Waals surface area (Å²) in [5, 5.41) is 19.2. The van der Waals surface area contributed by atoms with Crippen molar-refractivity contribution in [2.45, 2.75) is 38.3 Å². The maximum absolute atomic E-state index is 10.7. The fourth-order valence-corrected chi connectivity index (χ4v) is 3.05. The lowest BCUT2D eigenvalue weighted by Crippen LogP contribution is -2.07. The van der Waals surface area contributed by atoms with E-state index in [1.54, 1.807) is 6.20 Å². The highest BCUT2D eigenvalue weighted by Gasteiger charge is 2.20. The zero-order valence-corrected chi connectivity index (χ0v) is 12.4. The molecule has 2 aromatic heterocycles. The van der Waals surface area contributed by atoms with E-state index in [0.29, 0.717) is 17.1 Å². The summed E-state index contributed by atoms with van der Waals surface area (Å²) < 4.78 is 3.93. The molecule has 20 heavy (non-hydrogen) atoms. The third-order valence-electron chi connectivity index (χ3n) is 3.56. The highest BCUT2D eigenvalue weighted by Crippen LogP contribution is 2.29. The van der Waals surface area contributed by atoms with E-state index in [1.165, 1.54) is 30.4 Å². The van der Waals surface area contributed by atoms with Crippen molar-refractivity contribution in [3.05, 3.63) is 38.7 Å². The molecule has 0 aromatic carbocycles. The lowest BCUT2D eigenvalue weighted by molar-refractivity contribution is -0.390. The first-order valence-corrected chi connectivity index (χ1v) is 7.34. The van der Waals surface area contributed by atoms with Crippen LogP contribution in [0.4, 0.5) is 5.82 Å². The Bertz CT molecular complexity index is 630. The molecule has 8 heteroatoms. The zero-order chi connectivity index (χ0) is 14.1. The first kappa shape index (κ1) is 13.3. The Balaban J connectivity index is 1.74. The van der Waals surface area contributed by atoms with Gasteiger partial charge in [-0.2, -0.15) is 9.78 Å². The van der Waals surface area contributed by atoms with E-state index < -0.39 is 4.92 Å². The number of nitrogens with zero attached hydrogens (tertiary/aromatic N) is 5. The first-order chi connectivity index (χ1) is 9.63. The molecule has 1 aliphatic rings. The minimum absolute atomic E-state index is 0.166. The van der Waals surface area contributed by atoms with Gasteiger partial charge < -0.3 is 10.1 Å². The maximum Gasteiger partial charge on any atom is 0.404 e. The summed E-state index contributed by atoms with van der Waals surface area (Å²) in [6, 6.07) is 2.45. The molecule has 1 aliphatic carbocycles. The molecule has 3 rings (SSSR count). The molecule has 2 heterocycles. The molecule has 2 aromatic rings. The summed E-state index contributed by atoms with van der Waals surface area (Å²) in [6.07, 6.45) is 8.47. The standard InChI is InChI=1S/C12H14BrN5O2/c13-11-8-16(15-12(11)18(19)20)7-9-5-6-17(14-9)10-3-1-2-4-10/h5-6,8,10H,1-4,7H2. The third-order valence-corrected chi connectivity index (χ3v) is 4.12. The van der Waals surface area contributed by atoms with E-state index in [-0.39, 0.29) is 5.82 Å². The topological polar surface area (TPSA) is 78.8 Å². The summed E-state index contributed by atoms with van der Waals surface area (Å²) in [5.41, 5.74) is 0.863. The molecule has 0 N–H and O–H groups in total. The molecule has 0 amide bonds. The molecule has 0 saturated heterocycles. The minimum Gasteiger partial charge on any atom is -0.358 e. The summed E-state index contributed by atoms with van der Waals surface area (Å²) >= 11 is 3.14. The SMILES string of the molecule is O=[N+]([O-])c1nn(Cc2ccn(C3CCCC3)n2)cc1Br. The highest BCUT2D eigenvalue weighted by atomic mass is 79.9. The second-order valence-corrected chi connectivity index (χ2v) is 5.84. The van der Waals surface area contributed by atoms with Crippen LogP contribution in [0.5, 0.6) is 0 Å². The molecule has 0 bridgehead atoms. The molecular weight excluding hydrogens is 326 g/mol. The van der Waals surface area contributed by atoms with Gasteiger partial charge in [0.05, 0.1) is 23.0 Å². The minimum atomic E-state index is -0.502. The monoisotopic (exact) mass is 339 g/mol. The Morgan fingerprint density at radius 1 is 1.40 bits per heavy atom. The second-order valence-electron chi connectivity index (χ2n) is 4.98. The summed E-state index contributed by atoms with van der Waals surface area (Å²) in [7, 11) is 0. The third kappa shape index (κ3) is 2.60. The molecule has 0 aliphatic heterocycles. The molecule has 1 saturated carbocycles. The Morgan fingerprint density at radius 3 is 2.80 bits per heavy atom. The van der Waals surface area contributed by atoms with Gasteiger partial charge in [0.2, 0.25) is 0 Å². The molecule has 0 atom stereocenters. The number of rotatable bonds is 4. The van der Waals surface area contributed by atoms with Crippen LogP contribution in [0.2, 0.25) is 0 Å². The van der Waals surface area contributed by atoms with E-state index in [1.807, 2.05) is 16.9 Å². The Morgan fingerprint density at radius 2 is 2.15 bits per heavy atom. The van der Waals surface area contributed by atoms with Gasteiger partial charge in [0.15, 0.2) is 0 Å². The summed E-state index contributed by atoms with van der Waals surface area (Å²) in [4.78, 5) is 10.2. The van der Waals surface area contributed by atoms with Crippen molar-refractivity contribution >= 4 is 21.7 Å².